The van der Waals surface area contributed by atoms with E-state index in [0.717, 1.165) is 38.0 Å². The van der Waals surface area contributed by atoms with Crippen molar-refractivity contribution in [2.75, 3.05) is 26.4 Å². The molecule has 3 fully saturated rings. The average molecular weight is 462 g/mol. The quantitative estimate of drug-likeness (QED) is 0.475. The van der Waals surface area contributed by atoms with Crippen LogP contribution in [-0.4, -0.2) is 60.1 Å². The molecule has 6 nitrogen and oxygen atoms in total. The number of rotatable bonds is 9. The number of hydrogen-bond acceptors (Lipinski definition) is 6. The number of piperidine rings is 1. The number of benzene rings is 1. The smallest absolute Gasteiger partial charge is 0.175 e. The third-order valence-corrected chi connectivity index (χ3v) is 8.14. The van der Waals surface area contributed by atoms with E-state index in [1.807, 2.05) is 12.1 Å². The van der Waals surface area contributed by atoms with Gasteiger partial charge in [0.1, 0.15) is 18.5 Å². The summed E-state index contributed by atoms with van der Waals surface area (Å²) in [7, 11) is 0. The SMILES string of the molecule is CCC1(C)CC2(OCC(C)(C)O2)C(C)C(C)(CC)N1OCCc1ccc(OCC2CO2)cc1. The maximum Gasteiger partial charge on any atom is 0.175 e. The Balaban J connectivity index is 1.43. The molecule has 0 amide bonds. The van der Waals surface area contributed by atoms with E-state index in [0.29, 0.717) is 19.8 Å². The maximum atomic E-state index is 6.63. The van der Waals surface area contributed by atoms with Crippen LogP contribution in [0.4, 0.5) is 0 Å². The fraction of sp³-hybridized carbons (Fsp3) is 0.778. The van der Waals surface area contributed by atoms with E-state index in [1.165, 1.54) is 5.56 Å². The van der Waals surface area contributed by atoms with Crippen molar-refractivity contribution < 1.29 is 23.8 Å². The Morgan fingerprint density at radius 3 is 2.30 bits per heavy atom. The molecule has 1 spiro atoms. The van der Waals surface area contributed by atoms with Gasteiger partial charge in [0, 0.05) is 17.9 Å². The number of epoxide rings is 1. The molecule has 3 aliphatic heterocycles. The Kier molecular flexibility index (Phi) is 6.89. The minimum absolute atomic E-state index is 0.170. The Morgan fingerprint density at radius 2 is 1.76 bits per heavy atom. The van der Waals surface area contributed by atoms with Gasteiger partial charge >= 0.3 is 0 Å². The Morgan fingerprint density at radius 1 is 1.06 bits per heavy atom. The largest absolute Gasteiger partial charge is 0.491 e. The lowest BCUT2D eigenvalue weighted by Gasteiger charge is -2.61. The fourth-order valence-electron chi connectivity index (χ4n) is 5.53. The summed E-state index contributed by atoms with van der Waals surface area (Å²) in [6.07, 6.45) is 3.84. The van der Waals surface area contributed by atoms with Crippen molar-refractivity contribution >= 4 is 0 Å². The molecule has 1 aromatic carbocycles. The topological polar surface area (TPSA) is 52.7 Å². The highest BCUT2D eigenvalue weighted by atomic mass is 16.8. The molecule has 4 rings (SSSR count). The molecule has 5 atom stereocenters. The zero-order valence-corrected chi connectivity index (χ0v) is 21.6. The third kappa shape index (κ3) is 4.96. The summed E-state index contributed by atoms with van der Waals surface area (Å²) in [4.78, 5) is 6.62. The Labute approximate surface area is 199 Å². The standard InChI is InChI=1S/C27H43NO5/c1-8-25(6)18-27(31-19-24(4,5)33-27)20(3)26(7,9-2)28(25)32-15-14-21-10-12-22(13-11-21)29-16-23-17-30-23/h10-13,20,23H,8-9,14-19H2,1-7H3. The van der Waals surface area contributed by atoms with Crippen molar-refractivity contribution in [1.82, 2.24) is 5.06 Å². The van der Waals surface area contributed by atoms with Crippen molar-refractivity contribution in [1.29, 1.82) is 0 Å². The first-order valence-electron chi connectivity index (χ1n) is 12.7. The fourth-order valence-corrected chi connectivity index (χ4v) is 5.53. The van der Waals surface area contributed by atoms with Crippen LogP contribution in [0.3, 0.4) is 0 Å². The summed E-state index contributed by atoms with van der Waals surface area (Å²) in [6, 6.07) is 8.32. The van der Waals surface area contributed by atoms with E-state index in [1.54, 1.807) is 0 Å². The van der Waals surface area contributed by atoms with Crippen molar-refractivity contribution in [3.05, 3.63) is 29.8 Å². The number of nitrogens with zero attached hydrogens (tertiary/aromatic N) is 1. The summed E-state index contributed by atoms with van der Waals surface area (Å²) >= 11 is 0. The van der Waals surface area contributed by atoms with Gasteiger partial charge in [0.25, 0.3) is 0 Å². The monoisotopic (exact) mass is 461 g/mol. The molecule has 3 saturated heterocycles. The zero-order chi connectivity index (χ0) is 23.9. The number of hydroxylamine groups is 2. The minimum atomic E-state index is -0.569. The van der Waals surface area contributed by atoms with Crippen molar-refractivity contribution in [2.45, 2.75) is 103 Å². The van der Waals surface area contributed by atoms with Crippen LogP contribution in [0.1, 0.15) is 73.3 Å². The van der Waals surface area contributed by atoms with Gasteiger partial charge in [-0.25, -0.2) is 0 Å². The van der Waals surface area contributed by atoms with Gasteiger partial charge < -0.3 is 18.9 Å². The van der Waals surface area contributed by atoms with Gasteiger partial charge in [-0.1, -0.05) is 32.9 Å². The van der Waals surface area contributed by atoms with Gasteiger partial charge in [-0.05, 0) is 64.7 Å². The predicted molar refractivity (Wildman–Crippen MR) is 128 cm³/mol. The van der Waals surface area contributed by atoms with Gasteiger partial charge in [-0.15, -0.1) is 0 Å². The van der Waals surface area contributed by atoms with Gasteiger partial charge in [-0.2, -0.15) is 5.06 Å². The minimum Gasteiger partial charge on any atom is -0.491 e. The molecule has 0 radical (unpaired) electrons. The number of hydrogen-bond donors (Lipinski definition) is 0. The average Bonchev–Trinajstić information content (AvgIpc) is 3.57. The summed E-state index contributed by atoms with van der Waals surface area (Å²) in [5, 5.41) is 2.29. The molecule has 0 bridgehead atoms. The van der Waals surface area contributed by atoms with Crippen molar-refractivity contribution in [2.24, 2.45) is 5.92 Å². The van der Waals surface area contributed by atoms with E-state index in [2.05, 4.69) is 65.7 Å². The molecule has 3 heterocycles. The lowest BCUT2D eigenvalue weighted by Crippen LogP contribution is -2.71. The van der Waals surface area contributed by atoms with E-state index in [4.69, 9.17) is 23.8 Å². The van der Waals surface area contributed by atoms with Gasteiger partial charge in [0.15, 0.2) is 5.79 Å². The summed E-state index contributed by atoms with van der Waals surface area (Å²) in [6.45, 7) is 18.3. The first kappa shape index (κ1) is 24.9. The van der Waals surface area contributed by atoms with Crippen LogP contribution in [0.25, 0.3) is 0 Å². The Hall–Kier alpha value is -1.18. The molecular weight excluding hydrogens is 418 g/mol. The highest BCUT2D eigenvalue weighted by molar-refractivity contribution is 5.27. The van der Waals surface area contributed by atoms with Crippen LogP contribution < -0.4 is 4.74 Å². The number of ether oxygens (including phenoxy) is 4. The third-order valence-electron chi connectivity index (χ3n) is 8.14. The zero-order valence-electron chi connectivity index (χ0n) is 21.6. The highest BCUT2D eigenvalue weighted by Gasteiger charge is 2.64. The van der Waals surface area contributed by atoms with E-state index in [-0.39, 0.29) is 28.7 Å². The second-order valence-corrected chi connectivity index (χ2v) is 11.2. The molecule has 6 heteroatoms. The normalized spacial score (nSPS) is 38.0. The molecule has 5 unspecified atom stereocenters. The molecule has 33 heavy (non-hydrogen) atoms. The van der Waals surface area contributed by atoms with E-state index >= 15 is 0 Å². The van der Waals surface area contributed by atoms with E-state index < -0.39 is 5.79 Å². The van der Waals surface area contributed by atoms with Crippen LogP contribution in [0.15, 0.2) is 24.3 Å². The van der Waals surface area contributed by atoms with E-state index in [9.17, 15) is 0 Å². The van der Waals surface area contributed by atoms with Crippen LogP contribution >= 0.6 is 0 Å². The molecule has 0 aliphatic carbocycles. The van der Waals surface area contributed by atoms with Crippen molar-refractivity contribution in [3.63, 3.8) is 0 Å². The molecule has 3 aliphatic rings. The molecule has 1 aromatic rings. The first-order chi connectivity index (χ1) is 15.6. The van der Waals surface area contributed by atoms with Crippen molar-refractivity contribution in [3.8, 4) is 5.75 Å². The van der Waals surface area contributed by atoms with Crippen LogP contribution in [0.2, 0.25) is 0 Å². The first-order valence-corrected chi connectivity index (χ1v) is 12.7. The van der Waals surface area contributed by atoms with Gasteiger partial charge in [0.05, 0.1) is 31.0 Å². The molecule has 0 aromatic heterocycles. The van der Waals surface area contributed by atoms with Crippen LogP contribution in [0, 0.1) is 5.92 Å². The summed E-state index contributed by atoms with van der Waals surface area (Å²) in [5.74, 6) is 0.491. The lowest BCUT2D eigenvalue weighted by atomic mass is 9.67. The molecular formula is C27H43NO5. The molecule has 0 saturated carbocycles. The van der Waals surface area contributed by atoms with Crippen LogP contribution in [0.5, 0.6) is 5.75 Å². The molecule has 186 valence electrons. The predicted octanol–water partition coefficient (Wildman–Crippen LogP) is 5.14. The highest BCUT2D eigenvalue weighted by Crippen LogP contribution is 2.55. The second kappa shape index (κ2) is 9.12. The lowest BCUT2D eigenvalue weighted by molar-refractivity contribution is -0.370. The summed E-state index contributed by atoms with van der Waals surface area (Å²) < 4.78 is 24.0. The van der Waals surface area contributed by atoms with Crippen LogP contribution in [-0.2, 0) is 25.5 Å². The maximum absolute atomic E-state index is 6.63. The van der Waals surface area contributed by atoms with Gasteiger partial charge in [0.2, 0.25) is 0 Å². The second-order valence-electron chi connectivity index (χ2n) is 11.2. The molecule has 0 N–H and O–H groups in total. The summed E-state index contributed by atoms with van der Waals surface area (Å²) in [5.41, 5.74) is 0.598. The Bertz CT molecular complexity index is 809. The van der Waals surface area contributed by atoms with Gasteiger partial charge in [-0.3, -0.25) is 4.84 Å².